The molecule has 0 fully saturated rings. The molecule has 4 heteroatoms. The van der Waals surface area contributed by atoms with Crippen LogP contribution in [0.5, 0.6) is 0 Å². The predicted molar refractivity (Wildman–Crippen MR) is 34.7 cm³/mol. The maximum Gasteiger partial charge on any atom is 1.00 e. The van der Waals surface area contributed by atoms with E-state index in [9.17, 15) is 0 Å². The van der Waals surface area contributed by atoms with Crippen molar-refractivity contribution in [2.75, 3.05) is 19.8 Å². The predicted octanol–water partition coefficient (Wildman–Crippen LogP) is -2.38. The maximum absolute atomic E-state index is 8.24. The second kappa shape index (κ2) is 16.5. The van der Waals surface area contributed by atoms with Crippen molar-refractivity contribution < 1.29 is 44.9 Å². The van der Waals surface area contributed by atoms with Gasteiger partial charge in [0.1, 0.15) is 0 Å². The van der Waals surface area contributed by atoms with Gasteiger partial charge in [-0.15, -0.1) is 0 Å². The average molecular weight is 158 g/mol. The van der Waals surface area contributed by atoms with Crippen molar-refractivity contribution in [3.63, 3.8) is 0 Å². The van der Waals surface area contributed by atoms with Gasteiger partial charge in [-0.05, 0) is 6.42 Å². The van der Waals surface area contributed by atoms with Crippen LogP contribution < -0.4 is 29.6 Å². The van der Waals surface area contributed by atoms with Crippen LogP contribution in [-0.4, -0.2) is 30.4 Å². The van der Waals surface area contributed by atoms with Gasteiger partial charge in [0.25, 0.3) is 0 Å². The van der Waals surface area contributed by atoms with Gasteiger partial charge in [0.05, 0.1) is 13.2 Å². The number of unbranched alkanes of at least 4 members (excludes halogenated alkanes) is 1. The summed E-state index contributed by atoms with van der Waals surface area (Å²) in [6.07, 6.45) is 2.26. The standard InChI is InChI=1S/C6H14O2.Na.H2O/c1-2-3-5-8-6-4-7;;/h7H,2-6H2,1H3;;1H2/q;+1;/p-1. The third-order valence-electron chi connectivity index (χ3n) is 0.878. The fourth-order valence-electron chi connectivity index (χ4n) is 0.413. The number of hydrogen-bond donors (Lipinski definition) is 1. The quantitative estimate of drug-likeness (QED) is 0.359. The third-order valence-corrected chi connectivity index (χ3v) is 0.878. The molecule has 0 unspecified atom stereocenters. The first-order valence-corrected chi connectivity index (χ1v) is 3.10. The first-order valence-electron chi connectivity index (χ1n) is 3.10. The summed E-state index contributed by atoms with van der Waals surface area (Å²) in [5.41, 5.74) is 0. The van der Waals surface area contributed by atoms with Crippen molar-refractivity contribution in [3.05, 3.63) is 0 Å². The minimum atomic E-state index is 0. The van der Waals surface area contributed by atoms with Crippen LogP contribution in [-0.2, 0) is 4.74 Å². The molecule has 2 N–H and O–H groups in total. The van der Waals surface area contributed by atoms with Gasteiger partial charge in [-0.1, -0.05) is 13.3 Å². The minimum absolute atomic E-state index is 0. The SMILES string of the molecule is CCCCOCCO.[Na+].[OH-]. The zero-order valence-corrected chi connectivity index (χ0v) is 8.84. The normalized spacial score (nSPS) is 7.80. The summed E-state index contributed by atoms with van der Waals surface area (Å²) in [5.74, 6) is 0. The van der Waals surface area contributed by atoms with Crippen LogP contribution in [0.4, 0.5) is 0 Å². The van der Waals surface area contributed by atoms with Crippen LogP contribution in [0.3, 0.4) is 0 Å². The maximum atomic E-state index is 8.24. The average Bonchev–Trinajstić information content (AvgIpc) is 1.81. The summed E-state index contributed by atoms with van der Waals surface area (Å²) in [6, 6.07) is 0. The first-order chi connectivity index (χ1) is 3.91. The fourth-order valence-corrected chi connectivity index (χ4v) is 0.413. The molecular weight excluding hydrogens is 143 g/mol. The zero-order valence-electron chi connectivity index (χ0n) is 6.84. The van der Waals surface area contributed by atoms with Crippen LogP contribution in [0.15, 0.2) is 0 Å². The van der Waals surface area contributed by atoms with E-state index in [1.165, 1.54) is 0 Å². The molecule has 0 saturated heterocycles. The third kappa shape index (κ3) is 15.9. The van der Waals surface area contributed by atoms with Gasteiger partial charge in [0.2, 0.25) is 0 Å². The van der Waals surface area contributed by atoms with Crippen LogP contribution >= 0.6 is 0 Å². The van der Waals surface area contributed by atoms with Gasteiger partial charge in [-0.25, -0.2) is 0 Å². The molecule has 0 atom stereocenters. The first kappa shape index (κ1) is 17.1. The molecule has 10 heavy (non-hydrogen) atoms. The molecule has 0 aliphatic rings. The van der Waals surface area contributed by atoms with Crippen molar-refractivity contribution >= 4 is 0 Å². The van der Waals surface area contributed by atoms with E-state index >= 15 is 0 Å². The number of rotatable bonds is 5. The summed E-state index contributed by atoms with van der Waals surface area (Å²) < 4.78 is 4.97. The van der Waals surface area contributed by atoms with Crippen LogP contribution in [0, 0.1) is 0 Å². The molecule has 0 heterocycles. The van der Waals surface area contributed by atoms with Crippen molar-refractivity contribution in [2.24, 2.45) is 0 Å². The Morgan fingerprint density at radius 3 is 2.30 bits per heavy atom. The summed E-state index contributed by atoms with van der Waals surface area (Å²) >= 11 is 0. The van der Waals surface area contributed by atoms with Crippen molar-refractivity contribution in [1.29, 1.82) is 0 Å². The number of ether oxygens (including phenoxy) is 1. The summed E-state index contributed by atoms with van der Waals surface area (Å²) in [7, 11) is 0. The molecule has 0 radical (unpaired) electrons. The largest absolute Gasteiger partial charge is 1.00 e. The molecule has 0 amide bonds. The Balaban J connectivity index is -0.000000245. The Labute approximate surface area is 84.4 Å². The van der Waals surface area contributed by atoms with Gasteiger partial charge in [-0.2, -0.15) is 0 Å². The second-order valence-electron chi connectivity index (χ2n) is 1.69. The van der Waals surface area contributed by atoms with Crippen LogP contribution in [0.25, 0.3) is 0 Å². The molecule has 0 spiro atoms. The number of hydrogen-bond acceptors (Lipinski definition) is 3. The van der Waals surface area contributed by atoms with Gasteiger partial charge >= 0.3 is 29.6 Å². The van der Waals surface area contributed by atoms with E-state index in [0.717, 1.165) is 19.4 Å². The molecule has 0 aromatic carbocycles. The molecule has 0 bridgehead atoms. The van der Waals surface area contributed by atoms with Gasteiger partial charge < -0.3 is 15.3 Å². The van der Waals surface area contributed by atoms with Crippen LogP contribution in [0.2, 0.25) is 0 Å². The van der Waals surface area contributed by atoms with Crippen molar-refractivity contribution in [3.8, 4) is 0 Å². The van der Waals surface area contributed by atoms with E-state index in [-0.39, 0.29) is 41.6 Å². The summed E-state index contributed by atoms with van der Waals surface area (Å²) in [6.45, 7) is 3.53. The number of aliphatic hydroxyl groups excluding tert-OH is 1. The Hall–Kier alpha value is 0.880. The minimum Gasteiger partial charge on any atom is -0.870 e. The smallest absolute Gasteiger partial charge is 0.870 e. The molecule has 0 rings (SSSR count). The van der Waals surface area contributed by atoms with Gasteiger partial charge in [0, 0.05) is 6.61 Å². The van der Waals surface area contributed by atoms with Gasteiger partial charge in [-0.3, -0.25) is 0 Å². The Morgan fingerprint density at radius 1 is 1.30 bits per heavy atom. The summed E-state index contributed by atoms with van der Waals surface area (Å²) in [4.78, 5) is 0. The van der Waals surface area contributed by atoms with E-state index in [1.54, 1.807) is 0 Å². The van der Waals surface area contributed by atoms with E-state index in [2.05, 4.69) is 6.92 Å². The van der Waals surface area contributed by atoms with E-state index in [1.807, 2.05) is 0 Å². The van der Waals surface area contributed by atoms with Gasteiger partial charge in [0.15, 0.2) is 0 Å². The second-order valence-corrected chi connectivity index (χ2v) is 1.69. The molecule has 3 nitrogen and oxygen atoms in total. The molecule has 0 saturated carbocycles. The fraction of sp³-hybridized carbons (Fsp3) is 1.00. The molecule has 0 aromatic rings. The van der Waals surface area contributed by atoms with E-state index < -0.39 is 0 Å². The van der Waals surface area contributed by atoms with E-state index in [4.69, 9.17) is 9.84 Å². The Morgan fingerprint density at radius 2 is 1.90 bits per heavy atom. The number of aliphatic hydroxyl groups is 1. The Bertz CT molecular complexity index is 38.0. The topological polar surface area (TPSA) is 59.5 Å². The zero-order chi connectivity index (χ0) is 6.24. The molecule has 58 valence electrons. The molecule has 0 aromatic heterocycles. The van der Waals surface area contributed by atoms with Crippen LogP contribution in [0.1, 0.15) is 19.8 Å². The molecule has 0 aliphatic heterocycles. The molecule has 0 aliphatic carbocycles. The summed E-state index contributed by atoms with van der Waals surface area (Å²) in [5, 5.41) is 8.24. The van der Waals surface area contributed by atoms with E-state index in [0.29, 0.717) is 6.61 Å². The Kier molecular flexibility index (Phi) is 28.2. The monoisotopic (exact) mass is 158 g/mol. The molecular formula is C6H15NaO3. The van der Waals surface area contributed by atoms with Crippen molar-refractivity contribution in [2.45, 2.75) is 19.8 Å². The van der Waals surface area contributed by atoms with Crippen molar-refractivity contribution in [1.82, 2.24) is 0 Å².